The van der Waals surface area contributed by atoms with Gasteiger partial charge in [0, 0.05) is 31.4 Å². The van der Waals surface area contributed by atoms with E-state index in [1.54, 1.807) is 6.07 Å². The van der Waals surface area contributed by atoms with Crippen LogP contribution in [0.4, 0.5) is 10.1 Å². The highest BCUT2D eigenvalue weighted by atomic mass is 32.2. The highest BCUT2D eigenvalue weighted by Crippen LogP contribution is 2.21. The Morgan fingerprint density at radius 1 is 1.26 bits per heavy atom. The number of halogens is 1. The van der Waals surface area contributed by atoms with Gasteiger partial charge in [-0.1, -0.05) is 6.07 Å². The average molecular weight is 342 g/mol. The van der Waals surface area contributed by atoms with Crippen molar-refractivity contribution >= 4 is 15.7 Å². The minimum Gasteiger partial charge on any atom is -0.377 e. The van der Waals surface area contributed by atoms with E-state index in [0.29, 0.717) is 6.61 Å². The van der Waals surface area contributed by atoms with Crippen molar-refractivity contribution in [1.82, 2.24) is 4.72 Å². The lowest BCUT2D eigenvalue weighted by Gasteiger charge is -2.34. The molecule has 2 heterocycles. The molecule has 3 rings (SSSR count). The van der Waals surface area contributed by atoms with Crippen molar-refractivity contribution in [3.63, 3.8) is 0 Å². The molecule has 0 bridgehead atoms. The van der Waals surface area contributed by atoms with Gasteiger partial charge in [0.05, 0.1) is 11.9 Å². The minimum atomic E-state index is -3.31. The molecule has 1 aromatic carbocycles. The number of anilines is 1. The van der Waals surface area contributed by atoms with Crippen LogP contribution in [0.3, 0.4) is 0 Å². The van der Waals surface area contributed by atoms with Gasteiger partial charge in [0.15, 0.2) is 0 Å². The molecule has 0 aliphatic carbocycles. The molecule has 2 aliphatic rings. The monoisotopic (exact) mass is 342 g/mol. The number of rotatable bonds is 5. The van der Waals surface area contributed by atoms with E-state index in [9.17, 15) is 12.8 Å². The Kier molecular flexibility index (Phi) is 5.18. The molecule has 0 radical (unpaired) electrons. The lowest BCUT2D eigenvalue weighted by molar-refractivity contribution is 0.127. The van der Waals surface area contributed by atoms with Crippen LogP contribution in [0.25, 0.3) is 0 Å². The van der Waals surface area contributed by atoms with E-state index in [4.69, 9.17) is 4.74 Å². The first-order chi connectivity index (χ1) is 11.0. The second kappa shape index (κ2) is 7.15. The van der Waals surface area contributed by atoms with E-state index < -0.39 is 10.0 Å². The van der Waals surface area contributed by atoms with Gasteiger partial charge in [-0.15, -0.1) is 0 Å². The zero-order chi connectivity index (χ0) is 16.3. The molecule has 2 saturated heterocycles. The third kappa shape index (κ3) is 4.65. The molecule has 0 amide bonds. The van der Waals surface area contributed by atoms with Gasteiger partial charge >= 0.3 is 0 Å². The molecular weight excluding hydrogens is 319 g/mol. The van der Waals surface area contributed by atoms with Gasteiger partial charge in [-0.2, -0.15) is 0 Å². The van der Waals surface area contributed by atoms with E-state index in [1.165, 1.54) is 12.1 Å². The van der Waals surface area contributed by atoms with Crippen molar-refractivity contribution < 1.29 is 17.5 Å². The molecule has 2 aliphatic heterocycles. The fourth-order valence-electron chi connectivity index (χ4n) is 3.25. The number of piperidine rings is 1. The molecule has 0 saturated carbocycles. The van der Waals surface area contributed by atoms with Crippen molar-refractivity contribution in [3.05, 3.63) is 30.1 Å². The zero-order valence-electron chi connectivity index (χ0n) is 13.1. The van der Waals surface area contributed by atoms with Crippen LogP contribution < -0.4 is 9.62 Å². The van der Waals surface area contributed by atoms with Crippen molar-refractivity contribution in [2.45, 2.75) is 37.8 Å². The van der Waals surface area contributed by atoms with Crippen LogP contribution in [0.1, 0.15) is 25.7 Å². The van der Waals surface area contributed by atoms with Crippen molar-refractivity contribution in [3.8, 4) is 0 Å². The summed E-state index contributed by atoms with van der Waals surface area (Å²) in [5.74, 6) is -0.196. The van der Waals surface area contributed by atoms with Gasteiger partial charge in [-0.25, -0.2) is 17.5 Å². The number of hydrogen-bond donors (Lipinski definition) is 1. The highest BCUT2D eigenvalue weighted by Gasteiger charge is 2.27. The summed E-state index contributed by atoms with van der Waals surface area (Å²) in [5, 5.41) is 0. The summed E-state index contributed by atoms with van der Waals surface area (Å²) in [4.78, 5) is 2.09. The summed E-state index contributed by atoms with van der Waals surface area (Å²) in [6.07, 6.45) is 3.04. The smallest absolute Gasteiger partial charge is 0.214 e. The van der Waals surface area contributed by atoms with Gasteiger partial charge in [0.25, 0.3) is 0 Å². The number of benzene rings is 1. The number of nitrogens with zero attached hydrogens (tertiary/aromatic N) is 1. The molecule has 128 valence electrons. The fraction of sp³-hybridized carbons (Fsp3) is 0.625. The second-order valence-electron chi connectivity index (χ2n) is 6.28. The second-order valence-corrected chi connectivity index (χ2v) is 8.07. The lowest BCUT2D eigenvalue weighted by atomic mass is 10.1. The van der Waals surface area contributed by atoms with Crippen LogP contribution in [0, 0.1) is 5.82 Å². The largest absolute Gasteiger partial charge is 0.377 e. The van der Waals surface area contributed by atoms with E-state index in [0.717, 1.165) is 44.5 Å². The third-order valence-corrected chi connectivity index (χ3v) is 5.95. The summed E-state index contributed by atoms with van der Waals surface area (Å²) in [6, 6.07) is 6.47. The van der Waals surface area contributed by atoms with Gasteiger partial charge < -0.3 is 9.64 Å². The first kappa shape index (κ1) is 16.7. The molecule has 1 aromatic rings. The summed E-state index contributed by atoms with van der Waals surface area (Å²) in [7, 11) is -3.31. The summed E-state index contributed by atoms with van der Waals surface area (Å²) < 4.78 is 45.9. The Morgan fingerprint density at radius 3 is 2.70 bits per heavy atom. The van der Waals surface area contributed by atoms with Crippen molar-refractivity contribution in [1.29, 1.82) is 0 Å². The van der Waals surface area contributed by atoms with Crippen molar-refractivity contribution in [2.24, 2.45) is 0 Å². The average Bonchev–Trinajstić information content (AvgIpc) is 2.99. The quantitative estimate of drug-likeness (QED) is 0.888. The van der Waals surface area contributed by atoms with Crippen LogP contribution in [0.15, 0.2) is 24.3 Å². The van der Waals surface area contributed by atoms with Gasteiger partial charge in [-0.3, -0.25) is 0 Å². The Bertz CT molecular complexity index is 624. The molecule has 5 nitrogen and oxygen atoms in total. The fourth-order valence-corrected chi connectivity index (χ4v) is 4.84. The predicted octanol–water partition coefficient (Wildman–Crippen LogP) is 1.89. The Morgan fingerprint density at radius 2 is 2.04 bits per heavy atom. The van der Waals surface area contributed by atoms with Crippen LogP contribution in [-0.4, -0.2) is 46.0 Å². The first-order valence-corrected chi connectivity index (χ1v) is 9.79. The normalized spacial score (nSPS) is 23.3. The molecule has 7 heteroatoms. The molecule has 23 heavy (non-hydrogen) atoms. The molecule has 0 spiro atoms. The van der Waals surface area contributed by atoms with Crippen LogP contribution in [-0.2, 0) is 14.8 Å². The van der Waals surface area contributed by atoms with E-state index in [1.807, 2.05) is 6.07 Å². The van der Waals surface area contributed by atoms with E-state index in [2.05, 4.69) is 9.62 Å². The maximum Gasteiger partial charge on any atom is 0.214 e. The molecule has 0 aromatic heterocycles. The number of sulfonamides is 1. The van der Waals surface area contributed by atoms with E-state index >= 15 is 0 Å². The maximum atomic E-state index is 13.3. The molecule has 1 N–H and O–H groups in total. The maximum absolute atomic E-state index is 13.3. The SMILES string of the molecule is O=S(=O)(CC1CCCO1)NC1CCN(c2cccc(F)c2)CC1. The Hall–Kier alpha value is -1.18. The third-order valence-electron chi connectivity index (χ3n) is 4.44. The topological polar surface area (TPSA) is 58.6 Å². The minimum absolute atomic E-state index is 0.0498. The first-order valence-electron chi connectivity index (χ1n) is 8.14. The number of nitrogens with one attached hydrogen (secondary N) is 1. The van der Waals surface area contributed by atoms with Crippen LogP contribution in [0.2, 0.25) is 0 Å². The van der Waals surface area contributed by atoms with Crippen LogP contribution >= 0.6 is 0 Å². The summed E-state index contributed by atoms with van der Waals surface area (Å²) >= 11 is 0. The molecule has 1 unspecified atom stereocenters. The van der Waals surface area contributed by atoms with Crippen LogP contribution in [0.5, 0.6) is 0 Å². The van der Waals surface area contributed by atoms with E-state index in [-0.39, 0.29) is 23.7 Å². The van der Waals surface area contributed by atoms with Gasteiger partial charge in [0.2, 0.25) is 10.0 Å². The predicted molar refractivity (Wildman–Crippen MR) is 87.5 cm³/mol. The number of hydrogen-bond acceptors (Lipinski definition) is 4. The summed E-state index contributed by atoms with van der Waals surface area (Å²) in [6.45, 7) is 2.10. The summed E-state index contributed by atoms with van der Waals surface area (Å²) in [5.41, 5.74) is 0.852. The standard InChI is InChI=1S/C16H23FN2O3S/c17-13-3-1-4-15(11-13)19-8-6-14(7-9-19)18-23(20,21)12-16-5-2-10-22-16/h1,3-4,11,14,16,18H,2,5-10,12H2. The van der Waals surface area contributed by atoms with Gasteiger partial charge in [-0.05, 0) is 43.9 Å². The lowest BCUT2D eigenvalue weighted by Crippen LogP contribution is -2.46. The molecular formula is C16H23FN2O3S. The highest BCUT2D eigenvalue weighted by molar-refractivity contribution is 7.89. The van der Waals surface area contributed by atoms with Gasteiger partial charge in [0.1, 0.15) is 5.82 Å². The molecule has 1 atom stereocenters. The Labute approximate surface area is 136 Å². The Balaban J connectivity index is 1.50. The molecule has 2 fully saturated rings. The van der Waals surface area contributed by atoms with Crippen molar-refractivity contribution in [2.75, 3.05) is 30.3 Å². The zero-order valence-corrected chi connectivity index (χ0v) is 13.9. The number of ether oxygens (including phenoxy) is 1.